The van der Waals surface area contributed by atoms with Crippen molar-refractivity contribution in [3.05, 3.63) is 0 Å². The van der Waals surface area contributed by atoms with E-state index >= 15 is 0 Å². The first-order valence-corrected chi connectivity index (χ1v) is 4.06. The fourth-order valence-corrected chi connectivity index (χ4v) is 1.04. The van der Waals surface area contributed by atoms with E-state index in [1.807, 2.05) is 0 Å². The average molecular weight is 162 g/mol. The van der Waals surface area contributed by atoms with Crippen molar-refractivity contribution in [2.24, 2.45) is 11.1 Å². The highest BCUT2D eigenvalue weighted by Crippen LogP contribution is 2.16. The molecule has 0 fully saturated rings. The summed E-state index contributed by atoms with van der Waals surface area (Å²) < 4.78 is 0. The molecular weight excluding hydrogens is 150 g/mol. The van der Waals surface area contributed by atoms with Gasteiger partial charge in [0.15, 0.2) is 0 Å². The van der Waals surface area contributed by atoms with Crippen LogP contribution in [0.15, 0.2) is 5.16 Å². The lowest BCUT2D eigenvalue weighted by Crippen LogP contribution is -2.12. The molecule has 1 rings (SSSR count). The van der Waals surface area contributed by atoms with Gasteiger partial charge in [0, 0.05) is 6.42 Å². The molecule has 0 aromatic rings. The SMILES string of the molecule is CC(C)C1=NOC(CCl)C1. The summed E-state index contributed by atoms with van der Waals surface area (Å²) in [5.74, 6) is 1.04. The summed E-state index contributed by atoms with van der Waals surface area (Å²) in [5.41, 5.74) is 1.13. The van der Waals surface area contributed by atoms with Gasteiger partial charge in [0.05, 0.1) is 11.6 Å². The van der Waals surface area contributed by atoms with E-state index in [9.17, 15) is 0 Å². The maximum Gasteiger partial charge on any atom is 0.146 e. The molecule has 2 nitrogen and oxygen atoms in total. The molecule has 0 radical (unpaired) electrons. The zero-order valence-electron chi connectivity index (χ0n) is 6.30. The van der Waals surface area contributed by atoms with E-state index in [1.54, 1.807) is 0 Å². The van der Waals surface area contributed by atoms with Crippen molar-refractivity contribution in [1.29, 1.82) is 0 Å². The van der Waals surface area contributed by atoms with Gasteiger partial charge in [-0.2, -0.15) is 0 Å². The highest BCUT2D eigenvalue weighted by atomic mass is 35.5. The van der Waals surface area contributed by atoms with Gasteiger partial charge in [-0.3, -0.25) is 0 Å². The van der Waals surface area contributed by atoms with Crippen LogP contribution in [0, 0.1) is 5.92 Å². The number of oxime groups is 1. The standard InChI is InChI=1S/C7H12ClNO/c1-5(2)7-3-6(4-8)10-9-7/h5-6H,3-4H2,1-2H3. The fourth-order valence-electron chi connectivity index (χ4n) is 0.874. The first kappa shape index (κ1) is 7.86. The van der Waals surface area contributed by atoms with Crippen LogP contribution in [0.4, 0.5) is 0 Å². The number of halogens is 1. The van der Waals surface area contributed by atoms with E-state index in [0.717, 1.165) is 12.1 Å². The van der Waals surface area contributed by atoms with E-state index in [2.05, 4.69) is 19.0 Å². The van der Waals surface area contributed by atoms with Crippen molar-refractivity contribution < 1.29 is 4.84 Å². The lowest BCUT2D eigenvalue weighted by Gasteiger charge is -2.01. The average Bonchev–Trinajstić information content (AvgIpc) is 2.34. The molecule has 0 N–H and O–H groups in total. The Morgan fingerprint density at radius 3 is 2.80 bits per heavy atom. The molecule has 0 saturated heterocycles. The first-order valence-electron chi connectivity index (χ1n) is 3.52. The minimum absolute atomic E-state index is 0.124. The van der Waals surface area contributed by atoms with Crippen molar-refractivity contribution in [2.45, 2.75) is 26.4 Å². The van der Waals surface area contributed by atoms with E-state index in [0.29, 0.717) is 11.8 Å². The van der Waals surface area contributed by atoms with Crippen LogP contribution in [0.25, 0.3) is 0 Å². The lowest BCUT2D eigenvalue weighted by atomic mass is 10.0. The van der Waals surface area contributed by atoms with E-state index < -0.39 is 0 Å². The molecule has 0 saturated carbocycles. The summed E-state index contributed by atoms with van der Waals surface area (Å²) in [6.45, 7) is 4.22. The molecule has 3 heteroatoms. The van der Waals surface area contributed by atoms with Gasteiger partial charge < -0.3 is 4.84 Å². The second-order valence-electron chi connectivity index (χ2n) is 2.82. The second kappa shape index (κ2) is 3.24. The summed E-state index contributed by atoms with van der Waals surface area (Å²) in [4.78, 5) is 5.03. The van der Waals surface area contributed by atoms with Crippen molar-refractivity contribution >= 4 is 17.3 Å². The van der Waals surface area contributed by atoms with Crippen molar-refractivity contribution in [3.63, 3.8) is 0 Å². The largest absolute Gasteiger partial charge is 0.391 e. The third-order valence-electron chi connectivity index (χ3n) is 1.59. The summed E-state index contributed by atoms with van der Waals surface area (Å²) in [6, 6.07) is 0. The molecule has 1 heterocycles. The Morgan fingerprint density at radius 2 is 2.50 bits per heavy atom. The number of nitrogens with zero attached hydrogens (tertiary/aromatic N) is 1. The molecule has 0 aromatic heterocycles. The molecular formula is C7H12ClNO. The number of hydrogen-bond acceptors (Lipinski definition) is 2. The normalized spacial score (nSPS) is 24.8. The van der Waals surface area contributed by atoms with Gasteiger partial charge in [0.1, 0.15) is 6.10 Å². The second-order valence-corrected chi connectivity index (χ2v) is 3.13. The van der Waals surface area contributed by atoms with Crippen molar-refractivity contribution in [2.75, 3.05) is 5.88 Å². The minimum Gasteiger partial charge on any atom is -0.391 e. The predicted octanol–water partition coefficient (Wildman–Crippen LogP) is 2.03. The van der Waals surface area contributed by atoms with Crippen LogP contribution in [0.5, 0.6) is 0 Å². The van der Waals surface area contributed by atoms with E-state index in [-0.39, 0.29) is 6.10 Å². The molecule has 0 aliphatic carbocycles. The Bertz CT molecular complexity index is 145. The summed E-state index contributed by atoms with van der Waals surface area (Å²) in [5, 5.41) is 3.92. The van der Waals surface area contributed by atoms with Gasteiger partial charge in [-0.1, -0.05) is 19.0 Å². The molecule has 1 atom stereocenters. The van der Waals surface area contributed by atoms with Crippen LogP contribution in [-0.2, 0) is 4.84 Å². The van der Waals surface area contributed by atoms with Gasteiger partial charge in [0.2, 0.25) is 0 Å². The van der Waals surface area contributed by atoms with E-state index in [4.69, 9.17) is 16.4 Å². The molecule has 0 bridgehead atoms. The molecule has 1 aliphatic rings. The first-order chi connectivity index (χ1) is 4.74. The Kier molecular flexibility index (Phi) is 2.55. The maximum atomic E-state index is 5.58. The van der Waals surface area contributed by atoms with Crippen LogP contribution in [0.1, 0.15) is 20.3 Å². The molecule has 1 aliphatic heterocycles. The van der Waals surface area contributed by atoms with Crippen LogP contribution in [0.2, 0.25) is 0 Å². The maximum absolute atomic E-state index is 5.58. The smallest absolute Gasteiger partial charge is 0.146 e. The van der Waals surface area contributed by atoms with Crippen molar-refractivity contribution in [3.8, 4) is 0 Å². The number of rotatable bonds is 2. The molecule has 0 spiro atoms. The highest BCUT2D eigenvalue weighted by Gasteiger charge is 2.21. The Labute approximate surface area is 66.2 Å². The Balaban J connectivity index is 2.39. The van der Waals surface area contributed by atoms with Crippen LogP contribution in [-0.4, -0.2) is 17.7 Å². The van der Waals surface area contributed by atoms with Gasteiger partial charge in [-0.15, -0.1) is 11.6 Å². The highest BCUT2D eigenvalue weighted by molar-refractivity contribution is 6.18. The van der Waals surface area contributed by atoms with Crippen LogP contribution >= 0.6 is 11.6 Å². The third-order valence-corrected chi connectivity index (χ3v) is 1.94. The molecule has 0 aromatic carbocycles. The molecule has 10 heavy (non-hydrogen) atoms. The summed E-state index contributed by atoms with van der Waals surface area (Å²) in [6.07, 6.45) is 1.03. The van der Waals surface area contributed by atoms with Crippen molar-refractivity contribution in [1.82, 2.24) is 0 Å². The molecule has 58 valence electrons. The van der Waals surface area contributed by atoms with Gasteiger partial charge in [-0.05, 0) is 5.92 Å². The molecule has 1 unspecified atom stereocenters. The van der Waals surface area contributed by atoms with Crippen LogP contribution < -0.4 is 0 Å². The predicted molar refractivity (Wildman–Crippen MR) is 42.5 cm³/mol. The van der Waals surface area contributed by atoms with Crippen LogP contribution in [0.3, 0.4) is 0 Å². The topological polar surface area (TPSA) is 21.6 Å². The number of alkyl halides is 1. The van der Waals surface area contributed by atoms with Gasteiger partial charge in [0.25, 0.3) is 0 Å². The summed E-state index contributed by atoms with van der Waals surface area (Å²) >= 11 is 5.58. The quantitative estimate of drug-likeness (QED) is 0.568. The number of hydrogen-bond donors (Lipinski definition) is 0. The Hall–Kier alpha value is -0.240. The van der Waals surface area contributed by atoms with Gasteiger partial charge in [-0.25, -0.2) is 0 Å². The third kappa shape index (κ3) is 1.63. The van der Waals surface area contributed by atoms with Gasteiger partial charge >= 0.3 is 0 Å². The summed E-state index contributed by atoms with van der Waals surface area (Å²) in [7, 11) is 0. The fraction of sp³-hybridized carbons (Fsp3) is 0.857. The monoisotopic (exact) mass is 161 g/mol. The zero-order valence-corrected chi connectivity index (χ0v) is 7.06. The lowest BCUT2D eigenvalue weighted by molar-refractivity contribution is 0.102. The minimum atomic E-state index is 0.124. The Morgan fingerprint density at radius 1 is 1.80 bits per heavy atom. The zero-order chi connectivity index (χ0) is 7.56. The van der Waals surface area contributed by atoms with E-state index in [1.165, 1.54) is 0 Å². The molecule has 0 amide bonds.